The largest absolute Gasteiger partial charge is 0.481 e. The molecule has 0 fully saturated rings. The molecule has 1 aromatic rings. The zero-order valence-corrected chi connectivity index (χ0v) is 13.6. The van der Waals surface area contributed by atoms with Gasteiger partial charge in [-0.05, 0) is 32.4 Å². The Balaban J connectivity index is 3.38. The molecule has 8 heteroatoms. The molecular weight excluding hydrogens is 327 g/mol. The smallest absolute Gasteiger partial charge is 0.416 e. The van der Waals surface area contributed by atoms with Crippen LogP contribution in [0.25, 0.3) is 0 Å². The van der Waals surface area contributed by atoms with Crippen LogP contribution in [0.3, 0.4) is 0 Å². The third kappa shape index (κ3) is 5.52. The minimum Gasteiger partial charge on any atom is -0.481 e. The normalized spacial score (nSPS) is 14.8. The van der Waals surface area contributed by atoms with E-state index in [4.69, 9.17) is 15.6 Å². The molecule has 24 heavy (non-hydrogen) atoms. The van der Waals surface area contributed by atoms with Crippen molar-refractivity contribution in [2.75, 3.05) is 0 Å². The molecule has 5 nitrogen and oxygen atoms in total. The zero-order chi connectivity index (χ0) is 18.7. The van der Waals surface area contributed by atoms with Crippen LogP contribution in [0.1, 0.15) is 44.2 Å². The third-order valence-corrected chi connectivity index (χ3v) is 3.10. The number of nitrogens with two attached hydrogens (primary N) is 1. The fourth-order valence-corrected chi connectivity index (χ4v) is 2.24. The number of carbonyl (C=O) groups is 2. The molecule has 1 aromatic carbocycles. The standard InChI is InChI=1S/C16H20F3NO4/c1-15(2,3)24-14(23)13(11(20)8-12(21)22)9-6-4-5-7-10(9)16(17,18)19/h4-7,11,13H,8,20H2,1-3H3,(H,21,22)/t11-,13-/m1/s1. The van der Waals surface area contributed by atoms with Gasteiger partial charge in [-0.2, -0.15) is 13.2 Å². The molecule has 2 atom stereocenters. The summed E-state index contributed by atoms with van der Waals surface area (Å²) < 4.78 is 44.8. The van der Waals surface area contributed by atoms with Crippen molar-refractivity contribution in [2.45, 2.75) is 50.9 Å². The number of carboxylic acids is 1. The first-order valence-electron chi connectivity index (χ1n) is 7.19. The number of halogens is 3. The Hall–Kier alpha value is -2.09. The molecule has 0 aromatic heterocycles. The van der Waals surface area contributed by atoms with Gasteiger partial charge in [0.15, 0.2) is 0 Å². The monoisotopic (exact) mass is 347 g/mol. The first-order valence-corrected chi connectivity index (χ1v) is 7.19. The summed E-state index contributed by atoms with van der Waals surface area (Å²) >= 11 is 0. The van der Waals surface area contributed by atoms with Crippen molar-refractivity contribution in [1.29, 1.82) is 0 Å². The van der Waals surface area contributed by atoms with E-state index in [1.807, 2.05) is 0 Å². The minimum absolute atomic E-state index is 0.395. The molecule has 0 bridgehead atoms. The summed E-state index contributed by atoms with van der Waals surface area (Å²) in [4.78, 5) is 23.3. The minimum atomic E-state index is -4.71. The van der Waals surface area contributed by atoms with Gasteiger partial charge in [-0.3, -0.25) is 9.59 Å². The lowest BCUT2D eigenvalue weighted by Crippen LogP contribution is -2.40. The van der Waals surface area contributed by atoms with E-state index in [1.54, 1.807) is 20.8 Å². The van der Waals surface area contributed by atoms with Crippen molar-refractivity contribution in [3.8, 4) is 0 Å². The molecule has 0 aliphatic rings. The number of aliphatic carboxylic acids is 1. The highest BCUT2D eigenvalue weighted by molar-refractivity contribution is 5.81. The number of hydrogen-bond acceptors (Lipinski definition) is 4. The van der Waals surface area contributed by atoms with Crippen molar-refractivity contribution in [2.24, 2.45) is 5.73 Å². The van der Waals surface area contributed by atoms with Crippen molar-refractivity contribution in [3.05, 3.63) is 35.4 Å². The van der Waals surface area contributed by atoms with E-state index < -0.39 is 53.2 Å². The van der Waals surface area contributed by atoms with Crippen LogP contribution in [0.2, 0.25) is 0 Å². The van der Waals surface area contributed by atoms with E-state index in [-0.39, 0.29) is 0 Å². The Labute approximate surface area is 137 Å². The predicted molar refractivity (Wildman–Crippen MR) is 80.3 cm³/mol. The first kappa shape index (κ1) is 20.0. The van der Waals surface area contributed by atoms with Gasteiger partial charge in [-0.1, -0.05) is 18.2 Å². The third-order valence-electron chi connectivity index (χ3n) is 3.10. The number of hydrogen-bond donors (Lipinski definition) is 2. The van der Waals surface area contributed by atoms with Crippen molar-refractivity contribution in [1.82, 2.24) is 0 Å². The Morgan fingerprint density at radius 2 is 1.75 bits per heavy atom. The van der Waals surface area contributed by atoms with Crippen molar-refractivity contribution in [3.63, 3.8) is 0 Å². The summed E-state index contributed by atoms with van der Waals surface area (Å²) in [5, 5.41) is 8.87. The fourth-order valence-electron chi connectivity index (χ4n) is 2.24. The molecule has 0 radical (unpaired) electrons. The van der Waals surface area contributed by atoms with Crippen LogP contribution in [0, 0.1) is 0 Å². The van der Waals surface area contributed by atoms with Gasteiger partial charge in [0.1, 0.15) is 5.60 Å². The number of carboxylic acid groups (broad SMARTS) is 1. The zero-order valence-electron chi connectivity index (χ0n) is 13.6. The number of benzene rings is 1. The maximum absolute atomic E-state index is 13.2. The number of alkyl halides is 3. The van der Waals surface area contributed by atoms with Gasteiger partial charge in [-0.25, -0.2) is 0 Å². The quantitative estimate of drug-likeness (QED) is 0.800. The van der Waals surface area contributed by atoms with Crippen LogP contribution in [-0.2, 0) is 20.5 Å². The van der Waals surface area contributed by atoms with Crippen LogP contribution < -0.4 is 5.73 Å². The lowest BCUT2D eigenvalue weighted by atomic mass is 9.86. The predicted octanol–water partition coefficient (Wildman–Crippen LogP) is 2.93. The fraction of sp³-hybridized carbons (Fsp3) is 0.500. The average Bonchev–Trinajstić information content (AvgIpc) is 2.35. The summed E-state index contributed by atoms with van der Waals surface area (Å²) in [6, 6.07) is 3.08. The molecule has 0 aliphatic carbocycles. The molecule has 1 rings (SSSR count). The SMILES string of the molecule is CC(C)(C)OC(=O)[C@H](c1ccccc1C(F)(F)F)[C@H](N)CC(=O)O. The highest BCUT2D eigenvalue weighted by atomic mass is 19.4. The van der Waals surface area contributed by atoms with E-state index in [2.05, 4.69) is 0 Å². The molecule has 0 heterocycles. The van der Waals surface area contributed by atoms with Crippen LogP contribution in [-0.4, -0.2) is 28.7 Å². The van der Waals surface area contributed by atoms with Gasteiger partial charge in [0, 0.05) is 6.04 Å². The maximum Gasteiger partial charge on any atom is 0.416 e. The highest BCUT2D eigenvalue weighted by Crippen LogP contribution is 2.37. The summed E-state index contributed by atoms with van der Waals surface area (Å²) in [6.45, 7) is 4.67. The van der Waals surface area contributed by atoms with Gasteiger partial charge in [-0.15, -0.1) is 0 Å². The van der Waals surface area contributed by atoms with Crippen LogP contribution >= 0.6 is 0 Å². The first-order chi connectivity index (χ1) is 10.8. The summed E-state index contributed by atoms with van der Waals surface area (Å²) in [5.41, 5.74) is 3.35. The molecule has 0 aliphatic heterocycles. The van der Waals surface area contributed by atoms with E-state index in [0.717, 1.165) is 12.1 Å². The Bertz CT molecular complexity index is 608. The number of esters is 1. The highest BCUT2D eigenvalue weighted by Gasteiger charge is 2.40. The summed E-state index contributed by atoms with van der Waals surface area (Å²) in [7, 11) is 0. The van der Waals surface area contributed by atoms with E-state index in [0.29, 0.717) is 0 Å². The second-order valence-corrected chi connectivity index (χ2v) is 6.36. The van der Waals surface area contributed by atoms with Gasteiger partial charge in [0.2, 0.25) is 0 Å². The second-order valence-electron chi connectivity index (χ2n) is 6.36. The lowest BCUT2D eigenvalue weighted by molar-refractivity contribution is -0.158. The second kappa shape index (κ2) is 7.21. The molecule has 134 valence electrons. The maximum atomic E-state index is 13.2. The summed E-state index contributed by atoms with van der Waals surface area (Å²) in [6.07, 6.45) is -5.38. The lowest BCUT2D eigenvalue weighted by Gasteiger charge is -2.28. The topological polar surface area (TPSA) is 89.6 Å². The molecule has 0 saturated carbocycles. The van der Waals surface area contributed by atoms with E-state index in [9.17, 15) is 22.8 Å². The molecular formula is C16H20F3NO4. The molecule has 0 saturated heterocycles. The van der Waals surface area contributed by atoms with Crippen molar-refractivity contribution < 1.29 is 32.6 Å². The van der Waals surface area contributed by atoms with Crippen LogP contribution in [0.5, 0.6) is 0 Å². The van der Waals surface area contributed by atoms with Crippen LogP contribution in [0.15, 0.2) is 24.3 Å². The Kier molecular flexibility index (Phi) is 5.99. The molecule has 0 amide bonds. The number of carbonyl (C=O) groups excluding carboxylic acids is 1. The van der Waals surface area contributed by atoms with Crippen molar-refractivity contribution >= 4 is 11.9 Å². The number of ether oxygens (including phenoxy) is 1. The van der Waals surface area contributed by atoms with Crippen LogP contribution in [0.4, 0.5) is 13.2 Å². The van der Waals surface area contributed by atoms with Gasteiger partial charge in [0.25, 0.3) is 0 Å². The van der Waals surface area contributed by atoms with Gasteiger partial charge in [0.05, 0.1) is 17.9 Å². The Morgan fingerprint density at radius 1 is 1.21 bits per heavy atom. The summed E-state index contributed by atoms with van der Waals surface area (Å²) in [5.74, 6) is -3.85. The van der Waals surface area contributed by atoms with Gasteiger partial charge < -0.3 is 15.6 Å². The van der Waals surface area contributed by atoms with E-state index in [1.165, 1.54) is 12.1 Å². The Morgan fingerprint density at radius 3 is 2.21 bits per heavy atom. The molecule has 0 spiro atoms. The van der Waals surface area contributed by atoms with E-state index >= 15 is 0 Å². The molecule has 0 unspecified atom stereocenters. The van der Waals surface area contributed by atoms with Gasteiger partial charge >= 0.3 is 18.1 Å². The molecule has 3 N–H and O–H groups in total. The number of rotatable bonds is 5. The average molecular weight is 347 g/mol.